The molecule has 0 bridgehead atoms. The molecule has 17 heavy (non-hydrogen) atoms. The van der Waals surface area contributed by atoms with E-state index >= 15 is 0 Å². The molecule has 0 saturated carbocycles. The van der Waals surface area contributed by atoms with Crippen molar-refractivity contribution in [2.75, 3.05) is 20.0 Å². The van der Waals surface area contributed by atoms with Gasteiger partial charge in [-0.3, -0.25) is 10.1 Å². The molecule has 90 valence electrons. The number of nitro groups is 1. The van der Waals surface area contributed by atoms with Crippen LogP contribution in [0.25, 0.3) is 0 Å². The zero-order valence-electron chi connectivity index (χ0n) is 8.75. The van der Waals surface area contributed by atoms with E-state index < -0.39 is 11.2 Å². The van der Waals surface area contributed by atoms with Crippen molar-refractivity contribution in [1.29, 1.82) is 0 Å². The SMILES string of the molecule is O=[N+]([O-])c1cc(C2OCCO2)cc2c1OCO2. The summed E-state index contributed by atoms with van der Waals surface area (Å²) in [6.07, 6.45) is -0.566. The molecule has 3 rings (SSSR count). The topological polar surface area (TPSA) is 80.1 Å². The van der Waals surface area contributed by atoms with Crippen LogP contribution >= 0.6 is 0 Å². The Labute approximate surface area is 96.0 Å². The quantitative estimate of drug-likeness (QED) is 0.572. The molecule has 1 aromatic carbocycles. The molecule has 0 N–H and O–H groups in total. The van der Waals surface area contributed by atoms with Crippen LogP contribution in [0, 0.1) is 10.1 Å². The van der Waals surface area contributed by atoms with E-state index in [1.165, 1.54) is 6.07 Å². The van der Waals surface area contributed by atoms with Gasteiger partial charge >= 0.3 is 5.69 Å². The van der Waals surface area contributed by atoms with Crippen molar-refractivity contribution in [2.24, 2.45) is 0 Å². The lowest BCUT2D eigenvalue weighted by Crippen LogP contribution is -2.00. The Morgan fingerprint density at radius 2 is 2.00 bits per heavy atom. The van der Waals surface area contributed by atoms with Crippen LogP contribution in [0.15, 0.2) is 12.1 Å². The molecule has 2 aliphatic heterocycles. The Bertz CT molecular complexity index is 468. The summed E-state index contributed by atoms with van der Waals surface area (Å²) in [5, 5.41) is 10.9. The average Bonchev–Trinajstić information content (AvgIpc) is 2.98. The molecule has 2 heterocycles. The predicted octanol–water partition coefficient (Wildman–Crippen LogP) is 1.37. The van der Waals surface area contributed by atoms with Crippen LogP contribution in [0.2, 0.25) is 0 Å². The zero-order chi connectivity index (χ0) is 11.8. The van der Waals surface area contributed by atoms with Gasteiger partial charge in [0.05, 0.1) is 18.1 Å². The average molecular weight is 239 g/mol. The summed E-state index contributed by atoms with van der Waals surface area (Å²) in [6.45, 7) is 0.950. The first kappa shape index (κ1) is 10.3. The van der Waals surface area contributed by atoms with Crippen molar-refractivity contribution < 1.29 is 23.9 Å². The first-order valence-corrected chi connectivity index (χ1v) is 5.07. The highest BCUT2D eigenvalue weighted by atomic mass is 16.7. The van der Waals surface area contributed by atoms with Crippen LogP contribution in [0.3, 0.4) is 0 Å². The Morgan fingerprint density at radius 1 is 1.24 bits per heavy atom. The highest BCUT2D eigenvalue weighted by Crippen LogP contribution is 2.43. The maximum absolute atomic E-state index is 10.9. The number of hydrogen-bond acceptors (Lipinski definition) is 6. The predicted molar refractivity (Wildman–Crippen MR) is 53.9 cm³/mol. The van der Waals surface area contributed by atoms with Crippen LogP contribution in [0.5, 0.6) is 11.5 Å². The monoisotopic (exact) mass is 239 g/mol. The molecular weight excluding hydrogens is 230 g/mol. The molecule has 1 fully saturated rings. The molecule has 0 amide bonds. The van der Waals surface area contributed by atoms with Crippen LogP contribution in [0.1, 0.15) is 11.9 Å². The molecule has 7 nitrogen and oxygen atoms in total. The van der Waals surface area contributed by atoms with Gasteiger partial charge in [0.15, 0.2) is 12.0 Å². The van der Waals surface area contributed by atoms with E-state index in [0.717, 1.165) is 0 Å². The molecule has 1 saturated heterocycles. The van der Waals surface area contributed by atoms with Gasteiger partial charge in [-0.25, -0.2) is 0 Å². The molecular formula is C10H9NO6. The van der Waals surface area contributed by atoms with E-state index in [1.807, 2.05) is 0 Å². The van der Waals surface area contributed by atoms with Gasteiger partial charge in [-0.05, 0) is 6.07 Å². The number of fused-ring (bicyclic) bond motifs is 1. The molecule has 0 spiro atoms. The molecule has 0 unspecified atom stereocenters. The van der Waals surface area contributed by atoms with Crippen molar-refractivity contribution in [1.82, 2.24) is 0 Å². The Kier molecular flexibility index (Phi) is 2.34. The zero-order valence-corrected chi connectivity index (χ0v) is 8.75. The first-order chi connectivity index (χ1) is 8.25. The van der Waals surface area contributed by atoms with Gasteiger partial charge in [-0.15, -0.1) is 0 Å². The maximum Gasteiger partial charge on any atom is 0.315 e. The fourth-order valence-electron chi connectivity index (χ4n) is 1.83. The Balaban J connectivity index is 2.05. The third-order valence-electron chi connectivity index (χ3n) is 2.57. The molecule has 7 heteroatoms. The lowest BCUT2D eigenvalue weighted by molar-refractivity contribution is -0.385. The minimum atomic E-state index is -0.566. The van der Waals surface area contributed by atoms with E-state index in [0.29, 0.717) is 24.5 Å². The second kappa shape index (κ2) is 3.86. The summed E-state index contributed by atoms with van der Waals surface area (Å²) < 4.78 is 20.8. The summed E-state index contributed by atoms with van der Waals surface area (Å²) in [6, 6.07) is 3.04. The number of hydrogen-bond donors (Lipinski definition) is 0. The molecule has 0 atom stereocenters. The van der Waals surface area contributed by atoms with Crippen molar-refractivity contribution in [3.63, 3.8) is 0 Å². The number of nitrogens with zero attached hydrogens (tertiary/aromatic N) is 1. The van der Waals surface area contributed by atoms with E-state index in [2.05, 4.69) is 0 Å². The number of rotatable bonds is 2. The lowest BCUT2D eigenvalue weighted by Gasteiger charge is -2.09. The van der Waals surface area contributed by atoms with E-state index in [-0.39, 0.29) is 18.2 Å². The Morgan fingerprint density at radius 3 is 2.71 bits per heavy atom. The first-order valence-electron chi connectivity index (χ1n) is 5.07. The fourth-order valence-corrected chi connectivity index (χ4v) is 1.83. The highest BCUT2D eigenvalue weighted by molar-refractivity contribution is 5.59. The number of ether oxygens (including phenoxy) is 4. The van der Waals surface area contributed by atoms with Gasteiger partial charge in [-0.1, -0.05) is 0 Å². The van der Waals surface area contributed by atoms with E-state index in [4.69, 9.17) is 18.9 Å². The molecule has 2 aliphatic rings. The third kappa shape index (κ3) is 1.69. The second-order valence-electron chi connectivity index (χ2n) is 3.60. The summed E-state index contributed by atoms with van der Waals surface area (Å²) in [7, 11) is 0. The van der Waals surface area contributed by atoms with Gasteiger partial charge in [0.2, 0.25) is 12.5 Å². The smallest absolute Gasteiger partial charge is 0.315 e. The summed E-state index contributed by atoms with van der Waals surface area (Å²) in [5.74, 6) is 0.519. The Hall–Kier alpha value is -1.86. The van der Waals surface area contributed by atoms with Crippen molar-refractivity contribution in [3.05, 3.63) is 27.8 Å². The summed E-state index contributed by atoms with van der Waals surface area (Å²) >= 11 is 0. The molecule has 0 aromatic heterocycles. The minimum absolute atomic E-state index is 0.00793. The normalized spacial score (nSPS) is 18.6. The highest BCUT2D eigenvalue weighted by Gasteiger charge is 2.30. The van der Waals surface area contributed by atoms with Crippen LogP contribution < -0.4 is 9.47 Å². The second-order valence-corrected chi connectivity index (χ2v) is 3.60. The fraction of sp³-hybridized carbons (Fsp3) is 0.400. The molecule has 0 radical (unpaired) electrons. The molecule has 0 aliphatic carbocycles. The van der Waals surface area contributed by atoms with Gasteiger partial charge in [0.25, 0.3) is 0 Å². The minimum Gasteiger partial charge on any atom is -0.453 e. The third-order valence-corrected chi connectivity index (χ3v) is 2.57. The summed E-state index contributed by atoms with van der Waals surface area (Å²) in [5.41, 5.74) is 0.438. The van der Waals surface area contributed by atoms with Gasteiger partial charge in [0, 0.05) is 11.6 Å². The van der Waals surface area contributed by atoms with E-state index in [1.54, 1.807) is 6.07 Å². The lowest BCUT2D eigenvalue weighted by atomic mass is 10.1. The standard InChI is InChI=1S/C10H9NO6/c12-11(13)7-3-6(10-14-1-2-15-10)4-8-9(7)17-5-16-8/h3-4,10H,1-2,5H2. The largest absolute Gasteiger partial charge is 0.453 e. The molecule has 1 aromatic rings. The van der Waals surface area contributed by atoms with Crippen LogP contribution in [-0.2, 0) is 9.47 Å². The van der Waals surface area contributed by atoms with Gasteiger partial charge in [-0.2, -0.15) is 0 Å². The van der Waals surface area contributed by atoms with Gasteiger partial charge < -0.3 is 18.9 Å². The number of benzene rings is 1. The summed E-state index contributed by atoms with van der Waals surface area (Å²) in [4.78, 5) is 10.4. The van der Waals surface area contributed by atoms with Gasteiger partial charge in [0.1, 0.15) is 0 Å². The van der Waals surface area contributed by atoms with E-state index in [9.17, 15) is 10.1 Å². The maximum atomic E-state index is 10.9. The van der Waals surface area contributed by atoms with Crippen LogP contribution in [-0.4, -0.2) is 24.9 Å². The van der Waals surface area contributed by atoms with Crippen molar-refractivity contribution in [2.45, 2.75) is 6.29 Å². The van der Waals surface area contributed by atoms with Crippen molar-refractivity contribution >= 4 is 5.69 Å². The number of nitro benzene ring substituents is 1. The van der Waals surface area contributed by atoms with Crippen molar-refractivity contribution in [3.8, 4) is 11.5 Å². The van der Waals surface area contributed by atoms with Crippen LogP contribution in [0.4, 0.5) is 5.69 Å².